The summed E-state index contributed by atoms with van der Waals surface area (Å²) in [5, 5.41) is 4.65. The highest BCUT2D eigenvalue weighted by molar-refractivity contribution is 7.89. The van der Waals surface area contributed by atoms with Crippen molar-refractivity contribution in [1.29, 1.82) is 0 Å². The largest absolute Gasteiger partial charge is 0.497 e. The first-order valence-corrected chi connectivity index (χ1v) is 12.2. The second kappa shape index (κ2) is 9.30. The fourth-order valence-electron chi connectivity index (χ4n) is 4.17. The summed E-state index contributed by atoms with van der Waals surface area (Å²) in [5.74, 6) is 1.41. The highest BCUT2D eigenvalue weighted by Crippen LogP contribution is 2.30. The Balaban J connectivity index is 1.50. The van der Waals surface area contributed by atoms with Gasteiger partial charge in [-0.3, -0.25) is 4.57 Å². The third-order valence-corrected chi connectivity index (χ3v) is 7.87. The molecule has 1 aliphatic heterocycles. The summed E-state index contributed by atoms with van der Waals surface area (Å²) < 4.78 is 35.9. The number of hydrogen-bond acceptors (Lipinski definition) is 5. The maximum absolute atomic E-state index is 13.0. The zero-order valence-corrected chi connectivity index (χ0v) is 19.2. The summed E-state index contributed by atoms with van der Waals surface area (Å²) in [7, 11) is -2.02. The number of ether oxygens (including phenoxy) is 1. The molecule has 32 heavy (non-hydrogen) atoms. The van der Waals surface area contributed by atoms with Crippen LogP contribution in [-0.2, 0) is 23.1 Å². The van der Waals surface area contributed by atoms with Gasteiger partial charge in [0, 0.05) is 25.6 Å². The predicted octanol–water partition coefficient (Wildman–Crippen LogP) is 2.69. The van der Waals surface area contributed by atoms with Gasteiger partial charge in [0.1, 0.15) is 11.6 Å². The van der Waals surface area contributed by atoms with Crippen LogP contribution in [-0.4, -0.2) is 47.3 Å². The Morgan fingerprint density at radius 1 is 1.03 bits per heavy atom. The minimum absolute atomic E-state index is 0.0435. The van der Waals surface area contributed by atoms with Gasteiger partial charge < -0.3 is 4.74 Å². The van der Waals surface area contributed by atoms with Gasteiger partial charge in [-0.15, -0.1) is 0 Å². The SMILES string of the molecule is CCn1c(C2CCN(S(=O)(=O)c3ccc(OC)cc3)CC2)nn(Cc2ccccc2)c1=O. The van der Waals surface area contributed by atoms with Crippen molar-refractivity contribution in [1.82, 2.24) is 18.7 Å². The molecule has 0 saturated carbocycles. The molecule has 0 amide bonds. The molecule has 2 heterocycles. The normalized spacial score (nSPS) is 15.7. The van der Waals surface area contributed by atoms with Gasteiger partial charge in [0.2, 0.25) is 10.0 Å². The standard InChI is InChI=1S/C23H28N4O4S/c1-3-26-22(24-27(23(26)28)17-18-7-5-4-6-8-18)19-13-15-25(16-14-19)32(29,30)21-11-9-20(31-2)10-12-21/h4-12,19H,3,13-17H2,1-2H3. The molecule has 8 nitrogen and oxygen atoms in total. The van der Waals surface area contributed by atoms with Crippen molar-refractivity contribution in [3.63, 3.8) is 0 Å². The number of piperidine rings is 1. The van der Waals surface area contributed by atoms with E-state index in [2.05, 4.69) is 5.10 Å². The third-order valence-electron chi connectivity index (χ3n) is 5.96. The van der Waals surface area contributed by atoms with Crippen LogP contribution >= 0.6 is 0 Å². The lowest BCUT2D eigenvalue weighted by Crippen LogP contribution is -2.38. The molecule has 0 radical (unpaired) electrons. The number of nitrogens with zero attached hydrogens (tertiary/aromatic N) is 4. The highest BCUT2D eigenvalue weighted by atomic mass is 32.2. The zero-order valence-electron chi connectivity index (χ0n) is 18.3. The van der Waals surface area contributed by atoms with Crippen LogP contribution in [0.2, 0.25) is 0 Å². The summed E-state index contributed by atoms with van der Waals surface area (Å²) in [6.07, 6.45) is 1.24. The lowest BCUT2D eigenvalue weighted by atomic mass is 9.97. The minimum Gasteiger partial charge on any atom is -0.497 e. The maximum Gasteiger partial charge on any atom is 0.346 e. The highest BCUT2D eigenvalue weighted by Gasteiger charge is 2.32. The molecule has 1 aliphatic rings. The Morgan fingerprint density at radius 3 is 2.28 bits per heavy atom. The Bertz CT molecular complexity index is 1210. The molecule has 4 rings (SSSR count). The Morgan fingerprint density at radius 2 is 1.69 bits per heavy atom. The second-order valence-corrected chi connectivity index (χ2v) is 9.82. The third kappa shape index (κ3) is 4.35. The van der Waals surface area contributed by atoms with Gasteiger partial charge in [0.05, 0.1) is 18.6 Å². The Kier molecular flexibility index (Phi) is 6.48. The lowest BCUT2D eigenvalue weighted by molar-refractivity contribution is 0.308. The van der Waals surface area contributed by atoms with E-state index in [0.29, 0.717) is 44.8 Å². The Hall–Kier alpha value is -2.91. The van der Waals surface area contributed by atoms with Crippen LogP contribution in [0.25, 0.3) is 0 Å². The zero-order chi connectivity index (χ0) is 22.7. The van der Waals surface area contributed by atoms with Gasteiger partial charge in [-0.05, 0) is 49.6 Å². The molecular weight excluding hydrogens is 428 g/mol. The number of aromatic nitrogens is 3. The first kappa shape index (κ1) is 22.3. The summed E-state index contributed by atoms with van der Waals surface area (Å²) in [6, 6.07) is 16.2. The fraction of sp³-hybridized carbons (Fsp3) is 0.391. The van der Waals surface area contributed by atoms with Crippen LogP contribution in [0, 0.1) is 0 Å². The number of hydrogen-bond donors (Lipinski definition) is 0. The van der Waals surface area contributed by atoms with Crippen LogP contribution in [0.15, 0.2) is 64.3 Å². The lowest BCUT2D eigenvalue weighted by Gasteiger charge is -2.30. The molecule has 1 fully saturated rings. The van der Waals surface area contributed by atoms with E-state index in [9.17, 15) is 13.2 Å². The monoisotopic (exact) mass is 456 g/mol. The van der Waals surface area contributed by atoms with Crippen molar-refractivity contribution >= 4 is 10.0 Å². The maximum atomic E-state index is 13.0. The number of methoxy groups -OCH3 is 1. The van der Waals surface area contributed by atoms with Gasteiger partial charge in [-0.2, -0.15) is 9.40 Å². The van der Waals surface area contributed by atoms with Crippen molar-refractivity contribution in [2.45, 2.75) is 43.7 Å². The average molecular weight is 457 g/mol. The molecule has 0 aliphatic carbocycles. The quantitative estimate of drug-likeness (QED) is 0.546. The molecular formula is C23H28N4O4S. The minimum atomic E-state index is -3.57. The molecule has 0 N–H and O–H groups in total. The van der Waals surface area contributed by atoms with E-state index in [1.54, 1.807) is 35.9 Å². The number of rotatable bonds is 7. The van der Waals surface area contributed by atoms with Crippen molar-refractivity contribution in [3.8, 4) is 5.75 Å². The topological polar surface area (TPSA) is 86.4 Å². The van der Waals surface area contributed by atoms with Gasteiger partial charge in [0.15, 0.2) is 0 Å². The van der Waals surface area contributed by atoms with Gasteiger partial charge in [-0.25, -0.2) is 17.9 Å². The fourth-order valence-corrected chi connectivity index (χ4v) is 5.64. The van der Waals surface area contributed by atoms with Crippen molar-refractivity contribution in [2.75, 3.05) is 20.2 Å². The van der Waals surface area contributed by atoms with Crippen LogP contribution < -0.4 is 10.4 Å². The number of sulfonamides is 1. The molecule has 1 aromatic heterocycles. The molecule has 3 aromatic rings. The number of benzene rings is 2. The smallest absolute Gasteiger partial charge is 0.346 e. The summed E-state index contributed by atoms with van der Waals surface area (Å²) >= 11 is 0. The van der Waals surface area contributed by atoms with E-state index >= 15 is 0 Å². The summed E-state index contributed by atoms with van der Waals surface area (Å²) in [5.41, 5.74) is 0.891. The Labute approximate surface area is 188 Å². The molecule has 0 spiro atoms. The van der Waals surface area contributed by atoms with E-state index in [4.69, 9.17) is 4.74 Å². The van der Waals surface area contributed by atoms with Gasteiger partial charge in [0.25, 0.3) is 0 Å². The first-order valence-electron chi connectivity index (χ1n) is 10.8. The molecule has 9 heteroatoms. The van der Waals surface area contributed by atoms with Gasteiger partial charge >= 0.3 is 5.69 Å². The van der Waals surface area contributed by atoms with E-state index in [0.717, 1.165) is 11.4 Å². The van der Waals surface area contributed by atoms with Crippen LogP contribution in [0.3, 0.4) is 0 Å². The van der Waals surface area contributed by atoms with Crippen molar-refractivity contribution < 1.29 is 13.2 Å². The molecule has 170 valence electrons. The second-order valence-electron chi connectivity index (χ2n) is 7.88. The first-order chi connectivity index (χ1) is 15.4. The molecule has 0 bridgehead atoms. The van der Waals surface area contributed by atoms with E-state index in [1.165, 1.54) is 8.99 Å². The van der Waals surface area contributed by atoms with Crippen molar-refractivity contribution in [2.24, 2.45) is 0 Å². The van der Waals surface area contributed by atoms with E-state index < -0.39 is 10.0 Å². The summed E-state index contributed by atoms with van der Waals surface area (Å²) in [6.45, 7) is 3.67. The van der Waals surface area contributed by atoms with Gasteiger partial charge in [-0.1, -0.05) is 30.3 Å². The molecule has 2 aromatic carbocycles. The van der Waals surface area contributed by atoms with E-state index in [1.807, 2.05) is 37.3 Å². The van der Waals surface area contributed by atoms with Crippen molar-refractivity contribution in [3.05, 3.63) is 76.5 Å². The van der Waals surface area contributed by atoms with Crippen LogP contribution in [0.5, 0.6) is 5.75 Å². The molecule has 0 unspecified atom stereocenters. The molecule has 1 saturated heterocycles. The van der Waals surface area contributed by atoms with Crippen LogP contribution in [0.1, 0.15) is 37.1 Å². The van der Waals surface area contributed by atoms with Crippen LogP contribution in [0.4, 0.5) is 0 Å². The predicted molar refractivity (Wildman–Crippen MR) is 121 cm³/mol. The van der Waals surface area contributed by atoms with E-state index in [-0.39, 0.29) is 16.5 Å². The average Bonchev–Trinajstić information content (AvgIpc) is 3.14. The molecule has 0 atom stereocenters. The summed E-state index contributed by atoms with van der Waals surface area (Å²) in [4.78, 5) is 13.1.